The third kappa shape index (κ3) is 3.62. The largest absolute Gasteiger partial charge is 0.112 e. The van der Waals surface area contributed by atoms with Crippen LogP contribution in [0.2, 0.25) is 0 Å². The SMILES string of the molecule is S=P(SC1CCCCC1)(c1ccccc1)c1ccccc1. The van der Waals surface area contributed by atoms with Gasteiger partial charge in [-0.3, -0.25) is 0 Å². The van der Waals surface area contributed by atoms with Crippen molar-refractivity contribution in [3.8, 4) is 0 Å². The Morgan fingerprint density at radius 2 is 1.24 bits per heavy atom. The smallest absolute Gasteiger partial charge is 0.0615 e. The third-order valence-electron chi connectivity index (χ3n) is 4.04. The molecule has 2 aromatic carbocycles. The highest BCUT2D eigenvalue weighted by Gasteiger charge is 2.27. The van der Waals surface area contributed by atoms with Gasteiger partial charge in [0, 0.05) is 5.25 Å². The summed E-state index contributed by atoms with van der Waals surface area (Å²) in [6.45, 7) is 0. The molecule has 0 amide bonds. The van der Waals surface area contributed by atoms with Crippen LogP contribution in [0.3, 0.4) is 0 Å². The molecule has 1 aliphatic carbocycles. The molecule has 0 aromatic heterocycles. The van der Waals surface area contributed by atoms with Crippen LogP contribution in [0.4, 0.5) is 0 Å². The molecule has 1 aliphatic rings. The third-order valence-corrected chi connectivity index (χ3v) is 12.2. The average Bonchev–Trinajstić information content (AvgIpc) is 2.57. The fourth-order valence-electron chi connectivity index (χ4n) is 2.90. The Labute approximate surface area is 137 Å². The van der Waals surface area contributed by atoms with E-state index in [1.165, 1.54) is 42.7 Å². The Hall–Kier alpha value is -0.560. The second-order valence-electron chi connectivity index (χ2n) is 5.59. The van der Waals surface area contributed by atoms with Crippen molar-refractivity contribution in [3.05, 3.63) is 60.7 Å². The lowest BCUT2D eigenvalue weighted by Crippen LogP contribution is -2.17. The van der Waals surface area contributed by atoms with Gasteiger partial charge in [-0.15, -0.1) is 11.4 Å². The predicted molar refractivity (Wildman–Crippen MR) is 101 cm³/mol. The summed E-state index contributed by atoms with van der Waals surface area (Å²) in [5.74, 6) is 0. The number of hydrogen-bond donors (Lipinski definition) is 0. The van der Waals surface area contributed by atoms with E-state index in [1.54, 1.807) is 0 Å². The first kappa shape index (κ1) is 15.3. The Morgan fingerprint density at radius 3 is 1.71 bits per heavy atom. The lowest BCUT2D eigenvalue weighted by molar-refractivity contribution is 0.517. The molecule has 0 bridgehead atoms. The Bertz CT molecular complexity index is 560. The standard InChI is InChI=1S/C18H21PS2/c20-19(16-10-4-1-5-11-16,17-12-6-2-7-13-17)21-18-14-8-3-9-15-18/h1-2,4-7,10-13,18H,3,8-9,14-15H2. The zero-order valence-corrected chi connectivity index (χ0v) is 14.7. The van der Waals surface area contributed by atoms with Gasteiger partial charge in [0.1, 0.15) is 0 Å². The van der Waals surface area contributed by atoms with Gasteiger partial charge in [-0.2, -0.15) is 0 Å². The minimum atomic E-state index is -1.74. The maximum atomic E-state index is 6.29. The molecule has 0 saturated heterocycles. The summed E-state index contributed by atoms with van der Waals surface area (Å²) in [5, 5.41) is 1.70. The van der Waals surface area contributed by atoms with Gasteiger partial charge in [0.05, 0.1) is 5.24 Å². The lowest BCUT2D eigenvalue weighted by atomic mass is 10.0. The van der Waals surface area contributed by atoms with Crippen molar-refractivity contribution in [2.75, 3.05) is 0 Å². The van der Waals surface area contributed by atoms with E-state index in [-0.39, 0.29) is 0 Å². The second kappa shape index (κ2) is 7.13. The monoisotopic (exact) mass is 332 g/mol. The summed E-state index contributed by atoms with van der Waals surface area (Å²) in [6.07, 6.45) is 6.81. The van der Waals surface area contributed by atoms with Crippen LogP contribution in [0.5, 0.6) is 0 Å². The molecule has 0 atom stereocenters. The predicted octanol–water partition coefficient (Wildman–Crippen LogP) is 5.10. The molecule has 0 nitrogen and oxygen atoms in total. The minimum Gasteiger partial charge on any atom is -0.112 e. The molecule has 1 saturated carbocycles. The Morgan fingerprint density at radius 1 is 0.762 bits per heavy atom. The molecule has 0 spiro atoms. The summed E-state index contributed by atoms with van der Waals surface area (Å²) in [5.41, 5.74) is 0. The molecule has 3 heteroatoms. The van der Waals surface area contributed by atoms with Crippen LogP contribution in [-0.4, -0.2) is 5.25 Å². The zero-order valence-electron chi connectivity index (χ0n) is 12.2. The Balaban J connectivity index is 1.96. The van der Waals surface area contributed by atoms with E-state index in [4.69, 9.17) is 11.8 Å². The molecule has 0 radical (unpaired) electrons. The number of hydrogen-bond acceptors (Lipinski definition) is 2. The molecule has 0 unspecified atom stereocenters. The quantitative estimate of drug-likeness (QED) is 0.715. The van der Waals surface area contributed by atoms with Crippen LogP contribution in [0.25, 0.3) is 0 Å². The van der Waals surface area contributed by atoms with Gasteiger partial charge in [-0.1, -0.05) is 91.7 Å². The first-order chi connectivity index (χ1) is 10.3. The van der Waals surface area contributed by atoms with Crippen LogP contribution in [-0.2, 0) is 11.8 Å². The van der Waals surface area contributed by atoms with E-state index in [9.17, 15) is 0 Å². The van der Waals surface area contributed by atoms with E-state index < -0.39 is 5.24 Å². The van der Waals surface area contributed by atoms with Gasteiger partial charge >= 0.3 is 0 Å². The van der Waals surface area contributed by atoms with Crippen molar-refractivity contribution >= 4 is 39.0 Å². The summed E-state index contributed by atoms with van der Waals surface area (Å²) in [4.78, 5) is 0. The molecule has 21 heavy (non-hydrogen) atoms. The van der Waals surface area contributed by atoms with E-state index in [1.807, 2.05) is 0 Å². The van der Waals surface area contributed by atoms with Crippen molar-refractivity contribution in [2.45, 2.75) is 37.4 Å². The van der Waals surface area contributed by atoms with E-state index in [0.29, 0.717) is 0 Å². The highest BCUT2D eigenvalue weighted by Crippen LogP contribution is 2.60. The van der Waals surface area contributed by atoms with Crippen LogP contribution >= 0.6 is 16.6 Å². The van der Waals surface area contributed by atoms with E-state index in [2.05, 4.69) is 72.0 Å². The van der Waals surface area contributed by atoms with Crippen LogP contribution in [0.15, 0.2) is 60.7 Å². The van der Waals surface area contributed by atoms with Gasteiger partial charge in [0.2, 0.25) is 0 Å². The van der Waals surface area contributed by atoms with Crippen molar-refractivity contribution in [2.24, 2.45) is 0 Å². The summed E-state index contributed by atoms with van der Waals surface area (Å²) >= 11 is 8.39. The summed E-state index contributed by atoms with van der Waals surface area (Å²) in [6, 6.07) is 21.6. The fraction of sp³-hybridized carbons (Fsp3) is 0.333. The molecule has 110 valence electrons. The Kier molecular flexibility index (Phi) is 5.21. The van der Waals surface area contributed by atoms with Gasteiger partial charge in [0.15, 0.2) is 0 Å². The normalized spacial score (nSPS) is 16.8. The molecule has 0 aliphatic heterocycles. The molecular weight excluding hydrogens is 311 g/mol. The average molecular weight is 332 g/mol. The van der Waals surface area contributed by atoms with Crippen LogP contribution in [0.1, 0.15) is 32.1 Å². The van der Waals surface area contributed by atoms with Crippen LogP contribution < -0.4 is 10.6 Å². The van der Waals surface area contributed by atoms with Crippen molar-refractivity contribution in [3.63, 3.8) is 0 Å². The molecular formula is C18H21PS2. The lowest BCUT2D eigenvalue weighted by Gasteiger charge is -2.29. The number of benzene rings is 2. The number of rotatable bonds is 4. The topological polar surface area (TPSA) is 0 Å². The summed E-state index contributed by atoms with van der Waals surface area (Å²) in [7, 11) is 0. The maximum Gasteiger partial charge on any atom is 0.0615 e. The van der Waals surface area contributed by atoms with Crippen molar-refractivity contribution < 1.29 is 0 Å². The fourth-order valence-corrected chi connectivity index (χ4v) is 10.7. The van der Waals surface area contributed by atoms with Gasteiger partial charge in [-0.25, -0.2) is 0 Å². The molecule has 0 heterocycles. The molecule has 1 fully saturated rings. The minimum absolute atomic E-state index is 0.741. The highest BCUT2D eigenvalue weighted by atomic mass is 32.9. The maximum absolute atomic E-state index is 6.29. The van der Waals surface area contributed by atoms with Crippen molar-refractivity contribution in [1.29, 1.82) is 0 Å². The van der Waals surface area contributed by atoms with E-state index >= 15 is 0 Å². The van der Waals surface area contributed by atoms with Crippen molar-refractivity contribution in [1.82, 2.24) is 0 Å². The van der Waals surface area contributed by atoms with Gasteiger partial charge in [-0.05, 0) is 23.5 Å². The van der Waals surface area contributed by atoms with Gasteiger partial charge in [0.25, 0.3) is 0 Å². The summed E-state index contributed by atoms with van der Waals surface area (Å²) < 4.78 is 0. The van der Waals surface area contributed by atoms with E-state index in [0.717, 1.165) is 5.25 Å². The molecule has 2 aromatic rings. The van der Waals surface area contributed by atoms with Gasteiger partial charge < -0.3 is 0 Å². The first-order valence-electron chi connectivity index (χ1n) is 7.69. The zero-order chi connectivity index (χ0) is 14.5. The molecule has 3 rings (SSSR count). The molecule has 0 N–H and O–H groups in total. The highest BCUT2D eigenvalue weighted by molar-refractivity contribution is 8.75. The van der Waals surface area contributed by atoms with Crippen LogP contribution in [0, 0.1) is 0 Å². The second-order valence-corrected chi connectivity index (χ2v) is 13.2. The first-order valence-corrected chi connectivity index (χ1v) is 12.0.